The number of para-hydroxylation sites is 1. The number of benzene rings is 3. The Balaban J connectivity index is 1.50. The lowest BCUT2D eigenvalue weighted by molar-refractivity contribution is 0.0841. The van der Waals surface area contributed by atoms with Gasteiger partial charge in [-0.15, -0.1) is 5.10 Å². The number of hydrogen-bond acceptors (Lipinski definition) is 6. The zero-order valence-corrected chi connectivity index (χ0v) is 19.0. The fourth-order valence-electron chi connectivity index (χ4n) is 3.23. The molecule has 2 N–H and O–H groups in total. The topological polar surface area (TPSA) is 123 Å². The highest BCUT2D eigenvalue weighted by atomic mass is 32.2. The highest BCUT2D eigenvalue weighted by Crippen LogP contribution is 2.20. The maximum absolute atomic E-state index is 12.7. The van der Waals surface area contributed by atoms with E-state index in [1.807, 2.05) is 60.7 Å². The van der Waals surface area contributed by atoms with Crippen molar-refractivity contribution in [3.63, 3.8) is 0 Å². The number of hydrazine groups is 1. The van der Waals surface area contributed by atoms with E-state index < -0.39 is 21.7 Å². The molecule has 0 saturated heterocycles. The molecule has 2 amide bonds. The molecule has 172 valence electrons. The summed E-state index contributed by atoms with van der Waals surface area (Å²) >= 11 is 0. The molecule has 34 heavy (non-hydrogen) atoms. The average Bonchev–Trinajstić information content (AvgIpc) is 3.29. The van der Waals surface area contributed by atoms with Crippen LogP contribution in [0.3, 0.4) is 0 Å². The van der Waals surface area contributed by atoms with Gasteiger partial charge in [-0.05, 0) is 29.8 Å². The maximum Gasteiger partial charge on any atom is 0.309 e. The lowest BCUT2D eigenvalue weighted by Gasteiger charge is -2.06. The summed E-state index contributed by atoms with van der Waals surface area (Å²) in [4.78, 5) is 29.5. The summed E-state index contributed by atoms with van der Waals surface area (Å²) in [5, 5.41) is 4.34. The van der Waals surface area contributed by atoms with Crippen LogP contribution in [0.5, 0.6) is 0 Å². The van der Waals surface area contributed by atoms with E-state index >= 15 is 0 Å². The van der Waals surface area contributed by atoms with Crippen molar-refractivity contribution < 1.29 is 18.0 Å². The lowest BCUT2D eigenvalue weighted by atomic mass is 10.1. The quantitative estimate of drug-likeness (QED) is 0.413. The van der Waals surface area contributed by atoms with Gasteiger partial charge in [-0.25, -0.2) is 18.1 Å². The fraction of sp³-hybridized carbons (Fsp3) is 0.0833. The van der Waals surface area contributed by atoms with Crippen molar-refractivity contribution >= 4 is 21.7 Å². The van der Waals surface area contributed by atoms with Crippen LogP contribution in [0.2, 0.25) is 0 Å². The molecule has 0 saturated carbocycles. The van der Waals surface area contributed by atoms with Crippen molar-refractivity contribution in [2.45, 2.75) is 5.75 Å². The number of nitrogens with zero attached hydrogens (tertiary/aromatic N) is 3. The maximum atomic E-state index is 12.7. The summed E-state index contributed by atoms with van der Waals surface area (Å²) < 4.78 is 24.4. The van der Waals surface area contributed by atoms with E-state index in [4.69, 9.17) is 0 Å². The molecule has 0 atom stereocenters. The SMILES string of the molecule is CS(=O)(=O)Cc1ccc(C(=O)NNC(=O)c2nc(-c3ccccc3)n(-c3ccccc3)n2)cc1. The normalized spacial score (nSPS) is 11.1. The molecule has 9 nitrogen and oxygen atoms in total. The summed E-state index contributed by atoms with van der Waals surface area (Å²) in [5.41, 5.74) is 6.97. The predicted octanol–water partition coefficient (Wildman–Crippen LogP) is 2.55. The molecule has 3 aromatic carbocycles. The first kappa shape index (κ1) is 22.9. The van der Waals surface area contributed by atoms with E-state index in [1.165, 1.54) is 12.1 Å². The molecular weight excluding hydrogens is 454 g/mol. The first-order valence-electron chi connectivity index (χ1n) is 10.3. The molecule has 0 aliphatic heterocycles. The Morgan fingerprint density at radius 1 is 0.824 bits per heavy atom. The molecule has 0 fully saturated rings. The Morgan fingerprint density at radius 2 is 1.41 bits per heavy atom. The van der Waals surface area contributed by atoms with Crippen LogP contribution < -0.4 is 10.9 Å². The van der Waals surface area contributed by atoms with Crippen LogP contribution in [0.15, 0.2) is 84.9 Å². The van der Waals surface area contributed by atoms with Crippen LogP contribution in [-0.2, 0) is 15.6 Å². The largest absolute Gasteiger partial charge is 0.309 e. The molecule has 1 heterocycles. The summed E-state index contributed by atoms with van der Waals surface area (Å²) in [6.07, 6.45) is 1.14. The monoisotopic (exact) mass is 475 g/mol. The molecule has 0 spiro atoms. The molecule has 0 bridgehead atoms. The van der Waals surface area contributed by atoms with Gasteiger partial charge in [0.05, 0.1) is 11.4 Å². The van der Waals surface area contributed by atoms with Gasteiger partial charge in [0.15, 0.2) is 15.7 Å². The van der Waals surface area contributed by atoms with Gasteiger partial charge in [0.1, 0.15) is 0 Å². The van der Waals surface area contributed by atoms with Crippen molar-refractivity contribution in [1.29, 1.82) is 0 Å². The van der Waals surface area contributed by atoms with Gasteiger partial charge in [0.25, 0.3) is 5.91 Å². The van der Waals surface area contributed by atoms with Crippen LogP contribution in [-0.4, -0.2) is 41.3 Å². The molecule has 0 unspecified atom stereocenters. The van der Waals surface area contributed by atoms with Crippen LogP contribution in [0.25, 0.3) is 17.1 Å². The van der Waals surface area contributed by atoms with Gasteiger partial charge in [0.2, 0.25) is 5.82 Å². The molecule has 0 aliphatic carbocycles. The number of nitrogens with one attached hydrogen (secondary N) is 2. The minimum absolute atomic E-state index is 0.119. The van der Waals surface area contributed by atoms with Gasteiger partial charge < -0.3 is 0 Å². The number of carbonyl (C=O) groups is 2. The molecule has 4 rings (SSSR count). The summed E-state index contributed by atoms with van der Waals surface area (Å²) in [6, 6.07) is 24.7. The number of carbonyl (C=O) groups excluding carboxylic acids is 2. The summed E-state index contributed by atoms with van der Waals surface area (Å²) in [7, 11) is -3.18. The van der Waals surface area contributed by atoms with E-state index in [0.29, 0.717) is 11.4 Å². The summed E-state index contributed by atoms with van der Waals surface area (Å²) in [6.45, 7) is 0. The zero-order valence-electron chi connectivity index (χ0n) is 18.2. The second-order valence-corrected chi connectivity index (χ2v) is 9.69. The minimum atomic E-state index is -3.18. The first-order valence-corrected chi connectivity index (χ1v) is 12.3. The van der Waals surface area contributed by atoms with Gasteiger partial charge in [-0.1, -0.05) is 60.7 Å². The Hall–Kier alpha value is -4.31. The molecule has 4 aromatic rings. The van der Waals surface area contributed by atoms with E-state index in [0.717, 1.165) is 17.5 Å². The average molecular weight is 476 g/mol. The Morgan fingerprint density at radius 3 is 2.03 bits per heavy atom. The van der Waals surface area contributed by atoms with E-state index in [1.54, 1.807) is 16.8 Å². The molecule has 1 aromatic heterocycles. The van der Waals surface area contributed by atoms with E-state index in [2.05, 4.69) is 20.9 Å². The standard InChI is InChI=1S/C24H21N5O4S/c1-34(32,33)16-17-12-14-19(15-13-17)23(30)26-27-24(31)21-25-22(18-8-4-2-5-9-18)29(28-21)20-10-6-3-7-11-20/h2-15H,16H2,1H3,(H,26,30)(H,27,31). The van der Waals surface area contributed by atoms with Crippen molar-refractivity contribution in [3.05, 3.63) is 102 Å². The Labute approximate surface area is 196 Å². The third kappa shape index (κ3) is 5.54. The number of amides is 2. The van der Waals surface area contributed by atoms with Crippen LogP contribution in [0, 0.1) is 0 Å². The minimum Gasteiger partial charge on any atom is -0.267 e. The van der Waals surface area contributed by atoms with Gasteiger partial charge in [-0.2, -0.15) is 0 Å². The molecular formula is C24H21N5O4S. The lowest BCUT2D eigenvalue weighted by Crippen LogP contribution is -2.42. The first-order chi connectivity index (χ1) is 16.3. The smallest absolute Gasteiger partial charge is 0.267 e. The fourth-order valence-corrected chi connectivity index (χ4v) is 4.03. The van der Waals surface area contributed by atoms with Gasteiger partial charge in [0, 0.05) is 17.4 Å². The van der Waals surface area contributed by atoms with Crippen LogP contribution >= 0.6 is 0 Å². The van der Waals surface area contributed by atoms with Crippen molar-refractivity contribution in [2.24, 2.45) is 0 Å². The van der Waals surface area contributed by atoms with E-state index in [9.17, 15) is 18.0 Å². The van der Waals surface area contributed by atoms with Crippen LogP contribution in [0.4, 0.5) is 0 Å². The number of hydrogen-bond donors (Lipinski definition) is 2. The highest BCUT2D eigenvalue weighted by molar-refractivity contribution is 7.89. The molecule has 0 aliphatic rings. The Bertz CT molecular complexity index is 1360. The van der Waals surface area contributed by atoms with Crippen molar-refractivity contribution in [2.75, 3.05) is 6.26 Å². The number of rotatable bonds is 6. The second-order valence-electron chi connectivity index (χ2n) is 7.55. The van der Waals surface area contributed by atoms with E-state index in [-0.39, 0.29) is 17.1 Å². The number of aromatic nitrogens is 3. The molecule has 0 radical (unpaired) electrons. The van der Waals surface area contributed by atoms with Gasteiger partial charge in [-0.3, -0.25) is 20.4 Å². The summed E-state index contributed by atoms with van der Waals surface area (Å²) in [5.74, 6) is -1.01. The van der Waals surface area contributed by atoms with Crippen LogP contribution in [0.1, 0.15) is 26.5 Å². The third-order valence-corrected chi connectivity index (χ3v) is 5.64. The third-order valence-electron chi connectivity index (χ3n) is 4.78. The molecule has 10 heteroatoms. The number of sulfone groups is 1. The Kier molecular flexibility index (Phi) is 6.51. The van der Waals surface area contributed by atoms with Gasteiger partial charge >= 0.3 is 5.91 Å². The highest BCUT2D eigenvalue weighted by Gasteiger charge is 2.19. The zero-order chi connectivity index (χ0) is 24.1. The second kappa shape index (κ2) is 9.67. The van der Waals surface area contributed by atoms with Crippen molar-refractivity contribution in [3.8, 4) is 17.1 Å². The predicted molar refractivity (Wildman–Crippen MR) is 127 cm³/mol. The van der Waals surface area contributed by atoms with Crippen molar-refractivity contribution in [1.82, 2.24) is 25.6 Å².